The van der Waals surface area contributed by atoms with Crippen molar-refractivity contribution in [1.82, 2.24) is 24.4 Å². The number of para-hydroxylation sites is 1. The number of hydrogen-bond donors (Lipinski definition) is 0. The summed E-state index contributed by atoms with van der Waals surface area (Å²) in [6.07, 6.45) is 0. The van der Waals surface area contributed by atoms with Gasteiger partial charge in [0.2, 0.25) is 0 Å². The van der Waals surface area contributed by atoms with E-state index < -0.39 is 9.05 Å². The van der Waals surface area contributed by atoms with Crippen molar-refractivity contribution in [3.8, 4) is 17.2 Å². The van der Waals surface area contributed by atoms with Crippen molar-refractivity contribution in [3.63, 3.8) is 0 Å². The van der Waals surface area contributed by atoms with Crippen LogP contribution in [0.5, 0.6) is 0 Å². The predicted molar refractivity (Wildman–Crippen MR) is 73.3 cm³/mol. The normalized spacial score (nSPS) is 11.7. The molecule has 0 radical (unpaired) electrons. The van der Waals surface area contributed by atoms with Gasteiger partial charge in [-0.05, 0) is 23.7 Å². The van der Waals surface area contributed by atoms with Gasteiger partial charge in [-0.2, -0.15) is 0 Å². The molecule has 0 aliphatic carbocycles. The Kier molecular flexibility index (Phi) is 3.24. The molecule has 1 aromatic carbocycles. The fourth-order valence-corrected chi connectivity index (χ4v) is 2.95. The Bertz CT molecular complexity index is 830. The third-order valence-corrected chi connectivity index (χ3v) is 4.07. The zero-order valence-corrected chi connectivity index (χ0v) is 12.1. The molecule has 0 amide bonds. The molecule has 0 unspecified atom stereocenters. The summed E-state index contributed by atoms with van der Waals surface area (Å²) in [5.74, 6) is 0.268. The Labute approximate surface area is 122 Å². The highest BCUT2D eigenvalue weighted by Gasteiger charge is 2.25. The number of nitrogens with zero attached hydrogens (tertiary/aromatic N) is 5. The van der Waals surface area contributed by atoms with Crippen molar-refractivity contribution in [3.05, 3.63) is 35.7 Å². The summed E-state index contributed by atoms with van der Waals surface area (Å²) in [6, 6.07) is 8.79. The first-order chi connectivity index (χ1) is 9.57. The predicted octanol–water partition coefficient (Wildman–Crippen LogP) is 1.71. The number of aromatic nitrogens is 5. The molecule has 0 atom stereocenters. The van der Waals surface area contributed by atoms with Crippen LogP contribution in [-0.2, 0) is 9.05 Å². The van der Waals surface area contributed by atoms with Gasteiger partial charge in [0.1, 0.15) is 5.69 Å². The molecule has 0 saturated heterocycles. The number of rotatable bonds is 3. The summed E-state index contributed by atoms with van der Waals surface area (Å²) in [5.41, 5.74) is 0.998. The van der Waals surface area contributed by atoms with Gasteiger partial charge in [-0.25, -0.2) is 8.42 Å². The molecular formula is C10H6ClN5O2S2. The van der Waals surface area contributed by atoms with Crippen molar-refractivity contribution in [2.24, 2.45) is 0 Å². The van der Waals surface area contributed by atoms with Crippen molar-refractivity contribution in [2.45, 2.75) is 5.16 Å². The van der Waals surface area contributed by atoms with E-state index in [2.05, 4.69) is 19.8 Å². The molecule has 0 bridgehead atoms. The molecule has 10 heteroatoms. The Morgan fingerprint density at radius 3 is 2.45 bits per heavy atom. The lowest BCUT2D eigenvalue weighted by atomic mass is 10.3. The lowest BCUT2D eigenvalue weighted by Crippen LogP contribution is -2.05. The molecule has 20 heavy (non-hydrogen) atoms. The second-order valence-electron chi connectivity index (χ2n) is 3.71. The molecular weight excluding hydrogens is 322 g/mol. The van der Waals surface area contributed by atoms with Crippen LogP contribution in [0.1, 0.15) is 0 Å². The summed E-state index contributed by atoms with van der Waals surface area (Å²) >= 11 is 1.13. The zero-order valence-electron chi connectivity index (χ0n) is 9.71. The second-order valence-corrected chi connectivity index (χ2v) is 6.77. The molecule has 0 saturated carbocycles. The Morgan fingerprint density at radius 1 is 1.10 bits per heavy atom. The average molecular weight is 328 g/mol. The Balaban J connectivity index is 2.31. The maximum Gasteiger partial charge on any atom is 0.297 e. The van der Waals surface area contributed by atoms with Gasteiger partial charge in [-0.3, -0.25) is 4.57 Å². The summed E-state index contributed by atoms with van der Waals surface area (Å²) in [7, 11) is 1.37. The SMILES string of the molecule is O=S(=O)(Cl)c1nnc(-c2csnn2)n1-c1ccccc1. The van der Waals surface area contributed by atoms with Crippen LogP contribution in [-0.4, -0.2) is 32.8 Å². The molecule has 0 N–H and O–H groups in total. The molecule has 3 aromatic rings. The maximum atomic E-state index is 11.6. The number of hydrogen-bond acceptors (Lipinski definition) is 7. The van der Waals surface area contributed by atoms with Crippen molar-refractivity contribution in [2.75, 3.05) is 0 Å². The van der Waals surface area contributed by atoms with Crippen LogP contribution in [0.25, 0.3) is 17.2 Å². The molecule has 2 heterocycles. The Morgan fingerprint density at radius 2 is 1.85 bits per heavy atom. The van der Waals surface area contributed by atoms with E-state index in [1.807, 2.05) is 6.07 Å². The fourth-order valence-electron chi connectivity index (χ4n) is 1.67. The van der Waals surface area contributed by atoms with Gasteiger partial charge in [-0.1, -0.05) is 22.7 Å². The van der Waals surface area contributed by atoms with Crippen LogP contribution in [0.4, 0.5) is 0 Å². The van der Waals surface area contributed by atoms with Gasteiger partial charge < -0.3 is 0 Å². The lowest BCUT2D eigenvalue weighted by Gasteiger charge is -2.06. The van der Waals surface area contributed by atoms with Crippen LogP contribution in [0, 0.1) is 0 Å². The Hall–Kier alpha value is -1.84. The monoisotopic (exact) mass is 327 g/mol. The number of benzene rings is 1. The molecule has 0 fully saturated rings. The van der Waals surface area contributed by atoms with Crippen LogP contribution >= 0.6 is 22.2 Å². The summed E-state index contributed by atoms with van der Waals surface area (Å²) < 4.78 is 28.3. The molecule has 0 spiro atoms. The largest absolute Gasteiger partial charge is 0.297 e. The van der Waals surface area contributed by atoms with E-state index in [9.17, 15) is 8.42 Å². The van der Waals surface area contributed by atoms with E-state index in [0.29, 0.717) is 11.4 Å². The van der Waals surface area contributed by atoms with Gasteiger partial charge in [0.15, 0.2) is 5.82 Å². The van der Waals surface area contributed by atoms with E-state index in [1.165, 1.54) is 4.57 Å². The standard InChI is InChI=1S/C10H6ClN5O2S2/c11-20(17,18)10-14-13-9(8-6-19-15-12-8)16(10)7-4-2-1-3-5-7/h1-6H. The molecule has 3 rings (SSSR count). The third-order valence-electron chi connectivity index (χ3n) is 2.45. The van der Waals surface area contributed by atoms with Gasteiger partial charge in [0, 0.05) is 16.1 Å². The molecule has 0 aliphatic heterocycles. The third kappa shape index (κ3) is 2.30. The van der Waals surface area contributed by atoms with Crippen LogP contribution in [0.15, 0.2) is 40.9 Å². The summed E-state index contributed by atoms with van der Waals surface area (Å²) in [5, 5.41) is 12.7. The van der Waals surface area contributed by atoms with Crippen LogP contribution in [0.2, 0.25) is 0 Å². The average Bonchev–Trinajstić information content (AvgIpc) is 3.07. The van der Waals surface area contributed by atoms with Crippen molar-refractivity contribution >= 4 is 31.3 Å². The first-order valence-corrected chi connectivity index (χ1v) is 8.45. The highest BCUT2D eigenvalue weighted by atomic mass is 35.7. The van der Waals surface area contributed by atoms with Gasteiger partial charge >= 0.3 is 0 Å². The van der Waals surface area contributed by atoms with E-state index in [-0.39, 0.29) is 11.0 Å². The van der Waals surface area contributed by atoms with Gasteiger partial charge in [0.25, 0.3) is 14.2 Å². The minimum Gasteiger partial charge on any atom is -0.263 e. The highest BCUT2D eigenvalue weighted by Crippen LogP contribution is 2.25. The first kappa shape index (κ1) is 13.2. The molecule has 0 aliphatic rings. The van der Waals surface area contributed by atoms with E-state index in [1.54, 1.807) is 29.6 Å². The smallest absolute Gasteiger partial charge is 0.263 e. The van der Waals surface area contributed by atoms with Crippen molar-refractivity contribution < 1.29 is 8.42 Å². The van der Waals surface area contributed by atoms with Crippen LogP contribution < -0.4 is 0 Å². The number of halogens is 1. The van der Waals surface area contributed by atoms with Gasteiger partial charge in [-0.15, -0.1) is 15.3 Å². The van der Waals surface area contributed by atoms with Crippen molar-refractivity contribution in [1.29, 1.82) is 0 Å². The minimum atomic E-state index is -4.04. The second kappa shape index (κ2) is 4.93. The van der Waals surface area contributed by atoms with E-state index in [0.717, 1.165) is 11.5 Å². The molecule has 7 nitrogen and oxygen atoms in total. The molecule has 2 aromatic heterocycles. The topological polar surface area (TPSA) is 90.6 Å². The summed E-state index contributed by atoms with van der Waals surface area (Å²) in [6.45, 7) is 0. The van der Waals surface area contributed by atoms with Crippen LogP contribution in [0.3, 0.4) is 0 Å². The minimum absolute atomic E-state index is 0.268. The fraction of sp³-hybridized carbons (Fsp3) is 0. The zero-order chi connectivity index (χ0) is 14.2. The van der Waals surface area contributed by atoms with Gasteiger partial charge in [0.05, 0.1) is 5.69 Å². The lowest BCUT2D eigenvalue weighted by molar-refractivity contribution is 0.597. The van der Waals surface area contributed by atoms with E-state index >= 15 is 0 Å². The summed E-state index contributed by atoms with van der Waals surface area (Å²) in [4.78, 5) is 0. The highest BCUT2D eigenvalue weighted by molar-refractivity contribution is 8.13. The van der Waals surface area contributed by atoms with E-state index in [4.69, 9.17) is 10.7 Å². The quantitative estimate of drug-likeness (QED) is 0.680. The first-order valence-electron chi connectivity index (χ1n) is 5.30. The molecule has 102 valence electrons. The maximum absolute atomic E-state index is 11.6.